The summed E-state index contributed by atoms with van der Waals surface area (Å²) in [7, 11) is 0. The van der Waals surface area contributed by atoms with Crippen LogP contribution in [0.3, 0.4) is 0 Å². The van der Waals surface area contributed by atoms with E-state index in [9.17, 15) is 4.79 Å². The van der Waals surface area contributed by atoms with Gasteiger partial charge in [-0.25, -0.2) is 0 Å². The predicted octanol–water partition coefficient (Wildman–Crippen LogP) is 3.67. The van der Waals surface area contributed by atoms with Crippen molar-refractivity contribution in [2.75, 3.05) is 13.1 Å². The molecule has 1 aliphatic rings. The molecule has 0 spiro atoms. The van der Waals surface area contributed by atoms with E-state index in [2.05, 4.69) is 28.4 Å². The molecule has 0 saturated carbocycles. The van der Waals surface area contributed by atoms with E-state index < -0.39 is 0 Å². The van der Waals surface area contributed by atoms with Crippen LogP contribution in [0.1, 0.15) is 16.7 Å². The van der Waals surface area contributed by atoms with Gasteiger partial charge in [-0.1, -0.05) is 53.5 Å². The van der Waals surface area contributed by atoms with Gasteiger partial charge in [-0.15, -0.1) is 0 Å². The van der Waals surface area contributed by atoms with Crippen molar-refractivity contribution in [2.24, 2.45) is 0 Å². The Labute approximate surface area is 146 Å². The lowest BCUT2D eigenvalue weighted by Crippen LogP contribution is -2.39. The molecule has 3 nitrogen and oxygen atoms in total. The van der Waals surface area contributed by atoms with Crippen molar-refractivity contribution >= 4 is 29.1 Å². The van der Waals surface area contributed by atoms with Crippen molar-refractivity contribution in [3.63, 3.8) is 0 Å². The molecule has 0 bridgehead atoms. The maximum atomic E-state index is 12.2. The minimum Gasteiger partial charge on any atom is -0.351 e. The maximum absolute atomic E-state index is 12.2. The Morgan fingerprint density at radius 2 is 1.91 bits per heavy atom. The summed E-state index contributed by atoms with van der Waals surface area (Å²) in [5.41, 5.74) is 3.57. The number of hydrogen-bond acceptors (Lipinski definition) is 2. The fraction of sp³-hybridized carbons (Fsp3) is 0.278. The quantitative estimate of drug-likeness (QED) is 0.914. The molecule has 1 N–H and O–H groups in total. The first-order valence-electron chi connectivity index (χ1n) is 7.61. The lowest BCUT2D eigenvalue weighted by molar-refractivity contribution is -0.122. The average Bonchev–Trinajstić information content (AvgIpc) is 2.54. The van der Waals surface area contributed by atoms with Gasteiger partial charge >= 0.3 is 0 Å². The van der Waals surface area contributed by atoms with Crippen molar-refractivity contribution in [3.8, 4) is 0 Å². The van der Waals surface area contributed by atoms with Crippen LogP contribution in [0.25, 0.3) is 0 Å². The number of carbonyl (C=O) groups excluding carboxylic acids is 1. The van der Waals surface area contributed by atoms with Crippen LogP contribution in [0, 0.1) is 0 Å². The van der Waals surface area contributed by atoms with Gasteiger partial charge < -0.3 is 5.32 Å². The van der Waals surface area contributed by atoms with E-state index in [1.165, 1.54) is 11.1 Å². The summed E-state index contributed by atoms with van der Waals surface area (Å²) in [5.74, 6) is 0.00963. The van der Waals surface area contributed by atoms with Crippen LogP contribution in [0.15, 0.2) is 42.5 Å². The van der Waals surface area contributed by atoms with Gasteiger partial charge in [-0.05, 0) is 35.2 Å². The largest absolute Gasteiger partial charge is 0.351 e. The molecule has 1 amide bonds. The van der Waals surface area contributed by atoms with E-state index in [4.69, 9.17) is 23.2 Å². The molecule has 120 valence electrons. The van der Waals surface area contributed by atoms with Crippen LogP contribution in [0.2, 0.25) is 10.0 Å². The molecule has 3 rings (SSSR count). The molecule has 23 heavy (non-hydrogen) atoms. The van der Waals surface area contributed by atoms with E-state index in [0.29, 0.717) is 23.1 Å². The highest BCUT2D eigenvalue weighted by Crippen LogP contribution is 2.21. The molecular formula is C18H18Cl2N2O. The lowest BCUT2D eigenvalue weighted by atomic mass is 10.00. The molecule has 0 aromatic heterocycles. The number of rotatable bonds is 4. The van der Waals surface area contributed by atoms with Crippen molar-refractivity contribution in [1.29, 1.82) is 0 Å². The molecule has 1 aliphatic heterocycles. The maximum Gasteiger partial charge on any atom is 0.234 e. The van der Waals surface area contributed by atoms with Gasteiger partial charge in [0, 0.05) is 29.7 Å². The zero-order valence-electron chi connectivity index (χ0n) is 12.7. The standard InChI is InChI=1S/C18H18Cl2N2O/c19-16-6-5-14(17(20)9-16)10-21-18(23)12-22-8-7-13-3-1-2-4-15(13)11-22/h1-6,9H,7-8,10-12H2,(H,21,23). The monoisotopic (exact) mass is 348 g/mol. The zero-order valence-corrected chi connectivity index (χ0v) is 14.2. The van der Waals surface area contributed by atoms with Gasteiger partial charge in [-0.2, -0.15) is 0 Å². The summed E-state index contributed by atoms with van der Waals surface area (Å²) >= 11 is 12.0. The number of hydrogen-bond donors (Lipinski definition) is 1. The first-order chi connectivity index (χ1) is 11.1. The Morgan fingerprint density at radius 3 is 2.70 bits per heavy atom. The van der Waals surface area contributed by atoms with Crippen molar-refractivity contribution < 1.29 is 4.79 Å². The Balaban J connectivity index is 1.52. The Hall–Kier alpha value is -1.55. The van der Waals surface area contributed by atoms with Crippen molar-refractivity contribution in [2.45, 2.75) is 19.5 Å². The second-order valence-corrected chi connectivity index (χ2v) is 6.59. The summed E-state index contributed by atoms with van der Waals surface area (Å²) < 4.78 is 0. The van der Waals surface area contributed by atoms with Crippen LogP contribution in [-0.4, -0.2) is 23.9 Å². The number of halogens is 2. The van der Waals surface area contributed by atoms with Gasteiger partial charge in [0.25, 0.3) is 0 Å². The zero-order chi connectivity index (χ0) is 16.2. The van der Waals surface area contributed by atoms with Crippen LogP contribution in [-0.2, 0) is 24.3 Å². The minimum absolute atomic E-state index is 0.00963. The van der Waals surface area contributed by atoms with Gasteiger partial charge in [-0.3, -0.25) is 9.69 Å². The number of fused-ring (bicyclic) bond motifs is 1. The number of amides is 1. The molecule has 0 fully saturated rings. The molecule has 0 aliphatic carbocycles. The lowest BCUT2D eigenvalue weighted by Gasteiger charge is -2.28. The van der Waals surface area contributed by atoms with Gasteiger partial charge in [0.05, 0.1) is 6.54 Å². The number of nitrogens with one attached hydrogen (secondary N) is 1. The molecule has 0 radical (unpaired) electrons. The summed E-state index contributed by atoms with van der Waals surface area (Å²) in [6.07, 6.45) is 0.993. The molecule has 1 heterocycles. The van der Waals surface area contributed by atoms with Crippen LogP contribution in [0.5, 0.6) is 0 Å². The van der Waals surface area contributed by atoms with Crippen LogP contribution in [0.4, 0.5) is 0 Å². The highest BCUT2D eigenvalue weighted by molar-refractivity contribution is 6.35. The summed E-state index contributed by atoms with van der Waals surface area (Å²) in [6, 6.07) is 13.7. The summed E-state index contributed by atoms with van der Waals surface area (Å²) in [4.78, 5) is 14.3. The molecule has 5 heteroatoms. The third-order valence-electron chi connectivity index (χ3n) is 4.07. The molecule has 2 aromatic rings. The van der Waals surface area contributed by atoms with E-state index in [1.54, 1.807) is 12.1 Å². The van der Waals surface area contributed by atoms with Crippen molar-refractivity contribution in [1.82, 2.24) is 10.2 Å². The average molecular weight is 349 g/mol. The fourth-order valence-electron chi connectivity index (χ4n) is 2.81. The van der Waals surface area contributed by atoms with Crippen LogP contribution < -0.4 is 5.32 Å². The molecular weight excluding hydrogens is 331 g/mol. The SMILES string of the molecule is O=C(CN1CCc2ccccc2C1)NCc1ccc(Cl)cc1Cl. The fourth-order valence-corrected chi connectivity index (χ4v) is 3.28. The van der Waals surface area contributed by atoms with Crippen LogP contribution >= 0.6 is 23.2 Å². The second-order valence-electron chi connectivity index (χ2n) is 5.74. The minimum atomic E-state index is 0.00963. The third kappa shape index (κ3) is 4.25. The number of nitrogens with zero attached hydrogens (tertiary/aromatic N) is 1. The number of carbonyl (C=O) groups is 1. The van der Waals surface area contributed by atoms with Gasteiger partial charge in [0.2, 0.25) is 5.91 Å². The van der Waals surface area contributed by atoms with Crippen molar-refractivity contribution in [3.05, 3.63) is 69.2 Å². The van der Waals surface area contributed by atoms with Gasteiger partial charge in [0.15, 0.2) is 0 Å². The Kier molecular flexibility index (Phi) is 5.21. The molecule has 0 atom stereocenters. The number of benzene rings is 2. The van der Waals surface area contributed by atoms with Gasteiger partial charge in [0.1, 0.15) is 0 Å². The smallest absolute Gasteiger partial charge is 0.234 e. The third-order valence-corrected chi connectivity index (χ3v) is 4.65. The van der Waals surface area contributed by atoms with E-state index >= 15 is 0 Å². The molecule has 0 saturated heterocycles. The predicted molar refractivity (Wildman–Crippen MR) is 93.7 cm³/mol. The molecule has 0 unspecified atom stereocenters. The normalized spacial score (nSPS) is 14.3. The Morgan fingerprint density at radius 1 is 1.13 bits per heavy atom. The Bertz CT molecular complexity index is 718. The van der Waals surface area contributed by atoms with E-state index in [1.807, 2.05) is 12.1 Å². The van der Waals surface area contributed by atoms with E-state index in [0.717, 1.165) is 25.1 Å². The summed E-state index contributed by atoms with van der Waals surface area (Å²) in [5, 5.41) is 4.09. The highest BCUT2D eigenvalue weighted by atomic mass is 35.5. The van der Waals surface area contributed by atoms with E-state index in [-0.39, 0.29) is 5.91 Å². The summed E-state index contributed by atoms with van der Waals surface area (Å²) in [6.45, 7) is 2.55. The highest BCUT2D eigenvalue weighted by Gasteiger charge is 2.17. The first kappa shape index (κ1) is 16.3. The topological polar surface area (TPSA) is 32.3 Å². The molecule has 2 aromatic carbocycles. The second kappa shape index (κ2) is 7.35. The first-order valence-corrected chi connectivity index (χ1v) is 8.37.